The van der Waals surface area contributed by atoms with Crippen molar-refractivity contribution in [2.24, 2.45) is 5.92 Å². The Bertz CT molecular complexity index is 1320. The lowest BCUT2D eigenvalue weighted by Crippen LogP contribution is -2.39. The predicted molar refractivity (Wildman–Crippen MR) is 134 cm³/mol. The minimum Gasteiger partial charge on any atom is -0.467 e. The molecule has 5 rings (SSSR count). The number of rotatable bonds is 6. The molecule has 0 spiro atoms. The van der Waals surface area contributed by atoms with Crippen molar-refractivity contribution in [2.45, 2.75) is 37.1 Å². The van der Waals surface area contributed by atoms with Crippen molar-refractivity contribution < 1.29 is 17.9 Å². The molecule has 1 aliphatic heterocycles. The second-order valence-electron chi connectivity index (χ2n) is 8.51. The van der Waals surface area contributed by atoms with Gasteiger partial charge in [0, 0.05) is 37.2 Å². The number of pyridine rings is 2. The monoisotopic (exact) mass is 532 g/mol. The van der Waals surface area contributed by atoms with Gasteiger partial charge in [0.2, 0.25) is 5.95 Å². The first-order valence-corrected chi connectivity index (χ1v) is 13.4. The smallest absolute Gasteiger partial charge is 0.419 e. The Balaban J connectivity index is 1.20. The number of anilines is 1. The van der Waals surface area contributed by atoms with Gasteiger partial charge in [-0.05, 0) is 56.2 Å². The van der Waals surface area contributed by atoms with Gasteiger partial charge in [-0.25, -0.2) is 24.9 Å². The molecule has 4 aromatic heterocycles. The van der Waals surface area contributed by atoms with Crippen LogP contribution < -0.4 is 9.64 Å². The molecule has 0 radical (unpaired) electrons. The fourth-order valence-electron chi connectivity index (χ4n) is 4.12. The number of aromatic nitrogens is 5. The lowest BCUT2D eigenvalue weighted by molar-refractivity contribution is -0.138. The molecule has 0 aliphatic carbocycles. The first-order valence-electron chi connectivity index (χ1n) is 11.4. The number of fused-ring (bicyclic) bond motifs is 1. The van der Waals surface area contributed by atoms with E-state index >= 15 is 0 Å². The minimum absolute atomic E-state index is 0.0657. The van der Waals surface area contributed by atoms with Gasteiger partial charge < -0.3 is 9.64 Å². The van der Waals surface area contributed by atoms with Gasteiger partial charge in [0.15, 0.2) is 0 Å². The Morgan fingerprint density at radius 3 is 2.42 bits per heavy atom. The first kappa shape index (κ1) is 24.7. The van der Waals surface area contributed by atoms with E-state index in [1.807, 2.05) is 48.5 Å². The van der Waals surface area contributed by atoms with E-state index in [9.17, 15) is 13.2 Å². The van der Waals surface area contributed by atoms with Crippen molar-refractivity contribution in [3.05, 3.63) is 48.4 Å². The molecule has 0 N–H and O–H groups in total. The second-order valence-corrected chi connectivity index (χ2v) is 10.3. The Hall–Kier alpha value is -2.99. The van der Waals surface area contributed by atoms with E-state index in [0.717, 1.165) is 51.9 Å². The van der Waals surface area contributed by atoms with E-state index in [2.05, 4.69) is 19.9 Å². The highest BCUT2D eigenvalue weighted by molar-refractivity contribution is 7.98. The highest BCUT2D eigenvalue weighted by Crippen LogP contribution is 2.33. The van der Waals surface area contributed by atoms with Gasteiger partial charge >= 0.3 is 6.18 Å². The first-order chi connectivity index (χ1) is 17.3. The molecule has 188 valence electrons. The van der Waals surface area contributed by atoms with Crippen LogP contribution in [0, 0.1) is 5.92 Å². The maximum absolute atomic E-state index is 12.8. The van der Waals surface area contributed by atoms with Crippen molar-refractivity contribution in [1.29, 1.82) is 0 Å². The van der Waals surface area contributed by atoms with Crippen LogP contribution >= 0.6 is 23.1 Å². The van der Waals surface area contributed by atoms with Crippen LogP contribution in [0.1, 0.15) is 25.3 Å². The fourth-order valence-corrected chi connectivity index (χ4v) is 5.35. The van der Waals surface area contributed by atoms with Crippen LogP contribution in [0.5, 0.6) is 5.19 Å². The van der Waals surface area contributed by atoms with Crippen LogP contribution in [-0.2, 0) is 6.18 Å². The standard InChI is InChI=1S/C24H23F3N6OS2/c1-14(15-7-9-33(10-8-15)22-29-12-17(13-30-22)24(25,26)27)34-23-32-19-5-4-18(31-21(19)36-23)16-3-6-20(35-2)28-11-16/h3-6,11-15H,7-10H2,1-2H3. The Labute approximate surface area is 214 Å². The number of nitrogens with zero attached hydrogens (tertiary/aromatic N) is 6. The maximum atomic E-state index is 12.8. The number of piperidine rings is 1. The molecule has 0 bridgehead atoms. The number of ether oxygens (including phenoxy) is 1. The molecule has 0 amide bonds. The number of hydrogen-bond donors (Lipinski definition) is 0. The molecule has 1 aliphatic rings. The Morgan fingerprint density at radius 1 is 1.03 bits per heavy atom. The topological polar surface area (TPSA) is 76.9 Å². The molecule has 1 atom stereocenters. The third-order valence-corrected chi connectivity index (χ3v) is 7.73. The molecular formula is C24H23F3N6OS2. The van der Waals surface area contributed by atoms with E-state index in [4.69, 9.17) is 9.72 Å². The second kappa shape index (κ2) is 10.2. The van der Waals surface area contributed by atoms with E-state index in [1.165, 1.54) is 11.3 Å². The van der Waals surface area contributed by atoms with Crippen molar-refractivity contribution in [2.75, 3.05) is 24.2 Å². The highest BCUT2D eigenvalue weighted by atomic mass is 32.2. The number of thioether (sulfide) groups is 1. The normalized spacial score (nSPS) is 15.9. The van der Waals surface area contributed by atoms with Crippen LogP contribution in [0.3, 0.4) is 0 Å². The van der Waals surface area contributed by atoms with Crippen LogP contribution in [0.4, 0.5) is 19.1 Å². The van der Waals surface area contributed by atoms with E-state index in [-0.39, 0.29) is 12.0 Å². The van der Waals surface area contributed by atoms with Gasteiger partial charge in [-0.2, -0.15) is 13.2 Å². The van der Waals surface area contributed by atoms with Crippen molar-refractivity contribution in [1.82, 2.24) is 24.9 Å². The minimum atomic E-state index is -4.44. The summed E-state index contributed by atoms with van der Waals surface area (Å²) in [5.41, 5.74) is 1.73. The molecule has 0 aromatic carbocycles. The van der Waals surface area contributed by atoms with Crippen LogP contribution in [0.25, 0.3) is 21.6 Å². The van der Waals surface area contributed by atoms with Crippen molar-refractivity contribution >= 4 is 39.4 Å². The number of halogens is 3. The summed E-state index contributed by atoms with van der Waals surface area (Å²) >= 11 is 3.01. The quantitative estimate of drug-likeness (QED) is 0.281. The summed E-state index contributed by atoms with van der Waals surface area (Å²) in [6.45, 7) is 3.33. The molecule has 1 unspecified atom stereocenters. The van der Waals surface area contributed by atoms with E-state index < -0.39 is 11.7 Å². The number of hydrogen-bond acceptors (Lipinski definition) is 9. The predicted octanol–water partition coefficient (Wildman–Crippen LogP) is 5.97. The van der Waals surface area contributed by atoms with Gasteiger partial charge in [0.05, 0.1) is 16.3 Å². The Morgan fingerprint density at radius 2 is 1.78 bits per heavy atom. The van der Waals surface area contributed by atoms with Gasteiger partial charge in [-0.15, -0.1) is 11.8 Å². The lowest BCUT2D eigenvalue weighted by Gasteiger charge is -2.34. The molecule has 1 saturated heterocycles. The zero-order chi connectivity index (χ0) is 25.3. The summed E-state index contributed by atoms with van der Waals surface area (Å²) < 4.78 is 44.4. The summed E-state index contributed by atoms with van der Waals surface area (Å²) in [5, 5.41) is 1.53. The molecule has 0 saturated carbocycles. The van der Waals surface area contributed by atoms with Crippen LogP contribution in [0.15, 0.2) is 47.9 Å². The van der Waals surface area contributed by atoms with Crippen molar-refractivity contribution in [3.8, 4) is 16.5 Å². The zero-order valence-corrected chi connectivity index (χ0v) is 21.2. The fraction of sp³-hybridized carbons (Fsp3) is 0.375. The lowest BCUT2D eigenvalue weighted by atomic mass is 9.92. The molecule has 12 heteroatoms. The average Bonchev–Trinajstić information content (AvgIpc) is 3.30. The molecule has 5 heterocycles. The average molecular weight is 533 g/mol. The number of thiazole rings is 1. The molecule has 1 fully saturated rings. The van der Waals surface area contributed by atoms with Crippen molar-refractivity contribution in [3.63, 3.8) is 0 Å². The highest BCUT2D eigenvalue weighted by Gasteiger charge is 2.32. The summed E-state index contributed by atoms with van der Waals surface area (Å²) in [5.74, 6) is 0.605. The number of alkyl halides is 3. The third kappa shape index (κ3) is 5.39. The molecule has 7 nitrogen and oxygen atoms in total. The molecule has 36 heavy (non-hydrogen) atoms. The van der Waals surface area contributed by atoms with E-state index in [1.54, 1.807) is 11.8 Å². The summed E-state index contributed by atoms with van der Waals surface area (Å²) in [7, 11) is 0. The zero-order valence-electron chi connectivity index (χ0n) is 19.6. The summed E-state index contributed by atoms with van der Waals surface area (Å²) in [6.07, 6.45) is 2.61. The molecule has 4 aromatic rings. The van der Waals surface area contributed by atoms with Crippen LogP contribution in [-0.4, -0.2) is 50.4 Å². The summed E-state index contributed by atoms with van der Waals surface area (Å²) in [4.78, 5) is 24.3. The SMILES string of the molecule is CSc1ccc(-c2ccc3nc(OC(C)C4CCN(c5ncc(C(F)(F)F)cn5)CC4)sc3n2)cn1. The van der Waals surface area contributed by atoms with Gasteiger partial charge in [0.25, 0.3) is 5.19 Å². The Kier molecular flexibility index (Phi) is 6.98. The van der Waals surface area contributed by atoms with Gasteiger partial charge in [-0.3, -0.25) is 0 Å². The molecular weight excluding hydrogens is 509 g/mol. The third-order valence-electron chi connectivity index (χ3n) is 6.22. The van der Waals surface area contributed by atoms with Crippen LogP contribution in [0.2, 0.25) is 0 Å². The summed E-state index contributed by atoms with van der Waals surface area (Å²) in [6, 6.07) is 7.86. The largest absolute Gasteiger partial charge is 0.467 e. The maximum Gasteiger partial charge on any atom is 0.419 e. The van der Waals surface area contributed by atoms with Gasteiger partial charge in [0.1, 0.15) is 16.5 Å². The van der Waals surface area contributed by atoms with E-state index in [0.29, 0.717) is 24.2 Å². The van der Waals surface area contributed by atoms with Gasteiger partial charge in [-0.1, -0.05) is 11.3 Å².